The van der Waals surface area contributed by atoms with Gasteiger partial charge in [0.15, 0.2) is 0 Å². The molecular formula is C13H18N2O3. The zero-order valence-electron chi connectivity index (χ0n) is 10.4. The van der Waals surface area contributed by atoms with E-state index in [1.54, 1.807) is 18.2 Å². The van der Waals surface area contributed by atoms with Crippen LogP contribution in [-0.4, -0.2) is 30.2 Å². The second-order valence-corrected chi connectivity index (χ2v) is 3.94. The summed E-state index contributed by atoms with van der Waals surface area (Å²) in [6.07, 6.45) is 1.51. The van der Waals surface area contributed by atoms with Gasteiger partial charge in [0.2, 0.25) is 0 Å². The van der Waals surface area contributed by atoms with E-state index < -0.39 is 5.97 Å². The summed E-state index contributed by atoms with van der Waals surface area (Å²) in [6, 6.07) is 6.53. The van der Waals surface area contributed by atoms with Gasteiger partial charge in [-0.2, -0.15) is 0 Å². The van der Waals surface area contributed by atoms with Crippen LogP contribution in [0.2, 0.25) is 0 Å². The summed E-state index contributed by atoms with van der Waals surface area (Å²) in [5.41, 5.74) is 1.16. The van der Waals surface area contributed by atoms with Crippen molar-refractivity contribution in [1.82, 2.24) is 10.6 Å². The average molecular weight is 250 g/mol. The molecule has 0 unspecified atom stereocenters. The van der Waals surface area contributed by atoms with Gasteiger partial charge in [0.25, 0.3) is 0 Å². The summed E-state index contributed by atoms with van der Waals surface area (Å²) in [5, 5.41) is 14.3. The van der Waals surface area contributed by atoms with Gasteiger partial charge in [0.05, 0.1) is 5.56 Å². The summed E-state index contributed by atoms with van der Waals surface area (Å²) >= 11 is 0. The number of hydrogen-bond acceptors (Lipinski definition) is 2. The lowest BCUT2D eigenvalue weighted by Crippen LogP contribution is -2.36. The Morgan fingerprint density at radius 2 is 1.94 bits per heavy atom. The van der Waals surface area contributed by atoms with E-state index in [0.717, 1.165) is 12.0 Å². The fourth-order valence-corrected chi connectivity index (χ4v) is 1.48. The molecule has 0 spiro atoms. The Bertz CT molecular complexity index is 418. The number of carboxylic acid groups (broad SMARTS) is 1. The number of rotatable bonds is 6. The first-order valence-electron chi connectivity index (χ1n) is 5.97. The Morgan fingerprint density at radius 1 is 1.22 bits per heavy atom. The van der Waals surface area contributed by atoms with Gasteiger partial charge >= 0.3 is 12.0 Å². The lowest BCUT2D eigenvalue weighted by atomic mass is 10.1. The van der Waals surface area contributed by atoms with Crippen LogP contribution in [0.4, 0.5) is 4.79 Å². The van der Waals surface area contributed by atoms with Crippen LogP contribution in [0.15, 0.2) is 24.3 Å². The van der Waals surface area contributed by atoms with Gasteiger partial charge in [-0.3, -0.25) is 0 Å². The molecule has 0 atom stereocenters. The highest BCUT2D eigenvalue weighted by atomic mass is 16.4. The van der Waals surface area contributed by atoms with E-state index in [9.17, 15) is 9.59 Å². The molecule has 0 aliphatic carbocycles. The number of amides is 2. The van der Waals surface area contributed by atoms with Crippen molar-refractivity contribution in [2.45, 2.75) is 19.8 Å². The normalized spacial score (nSPS) is 9.83. The smallest absolute Gasteiger partial charge is 0.335 e. The molecule has 0 fully saturated rings. The van der Waals surface area contributed by atoms with Gasteiger partial charge in [0.1, 0.15) is 0 Å². The van der Waals surface area contributed by atoms with E-state index in [-0.39, 0.29) is 11.6 Å². The maximum atomic E-state index is 11.3. The molecule has 5 heteroatoms. The van der Waals surface area contributed by atoms with E-state index in [4.69, 9.17) is 5.11 Å². The van der Waals surface area contributed by atoms with Crippen molar-refractivity contribution in [1.29, 1.82) is 0 Å². The highest BCUT2D eigenvalue weighted by molar-refractivity contribution is 5.87. The maximum Gasteiger partial charge on any atom is 0.335 e. The standard InChI is InChI=1S/C13H18N2O3/c1-2-7-14-13(18)15-8-6-10-4-3-5-11(9-10)12(16)17/h3-5,9H,2,6-8H2,1H3,(H,16,17)(H2,14,15,18). The van der Waals surface area contributed by atoms with E-state index in [1.807, 2.05) is 13.0 Å². The molecule has 98 valence electrons. The minimum atomic E-state index is -0.939. The van der Waals surface area contributed by atoms with Gasteiger partial charge in [-0.1, -0.05) is 19.1 Å². The summed E-state index contributed by atoms with van der Waals surface area (Å²) in [7, 11) is 0. The number of urea groups is 1. The molecule has 0 aromatic heterocycles. The van der Waals surface area contributed by atoms with Crippen LogP contribution in [-0.2, 0) is 6.42 Å². The molecule has 0 aliphatic heterocycles. The maximum absolute atomic E-state index is 11.3. The predicted molar refractivity (Wildman–Crippen MR) is 68.8 cm³/mol. The van der Waals surface area contributed by atoms with E-state index >= 15 is 0 Å². The Hall–Kier alpha value is -2.04. The van der Waals surface area contributed by atoms with E-state index in [1.165, 1.54) is 0 Å². The summed E-state index contributed by atoms with van der Waals surface area (Å²) in [4.78, 5) is 22.0. The topological polar surface area (TPSA) is 78.4 Å². The Labute approximate surface area is 106 Å². The van der Waals surface area contributed by atoms with Gasteiger partial charge in [-0.05, 0) is 30.5 Å². The molecule has 0 aliphatic rings. The van der Waals surface area contributed by atoms with Gasteiger partial charge in [-0.15, -0.1) is 0 Å². The first kappa shape index (κ1) is 14.0. The largest absolute Gasteiger partial charge is 0.478 e. The van der Waals surface area contributed by atoms with E-state index in [0.29, 0.717) is 19.5 Å². The third-order valence-electron chi connectivity index (χ3n) is 2.41. The number of carbonyl (C=O) groups is 2. The minimum absolute atomic E-state index is 0.189. The minimum Gasteiger partial charge on any atom is -0.478 e. The van der Waals surface area contributed by atoms with Crippen molar-refractivity contribution in [3.8, 4) is 0 Å². The lowest BCUT2D eigenvalue weighted by Gasteiger charge is -2.07. The molecule has 0 saturated carbocycles. The average Bonchev–Trinajstić information content (AvgIpc) is 2.36. The molecule has 3 N–H and O–H groups in total. The molecule has 0 radical (unpaired) electrons. The monoisotopic (exact) mass is 250 g/mol. The summed E-state index contributed by atoms with van der Waals surface area (Å²) in [6.45, 7) is 3.12. The van der Waals surface area contributed by atoms with Crippen LogP contribution < -0.4 is 10.6 Å². The molecule has 1 aromatic rings. The SMILES string of the molecule is CCCNC(=O)NCCc1cccc(C(=O)O)c1. The van der Waals surface area contributed by atoms with Gasteiger partial charge < -0.3 is 15.7 Å². The van der Waals surface area contributed by atoms with Crippen molar-refractivity contribution in [3.05, 3.63) is 35.4 Å². The van der Waals surface area contributed by atoms with Crippen LogP contribution in [0.3, 0.4) is 0 Å². The second kappa shape index (κ2) is 7.32. The van der Waals surface area contributed by atoms with Crippen molar-refractivity contribution < 1.29 is 14.7 Å². The zero-order valence-corrected chi connectivity index (χ0v) is 10.4. The van der Waals surface area contributed by atoms with Gasteiger partial charge in [-0.25, -0.2) is 9.59 Å². The van der Waals surface area contributed by atoms with Crippen LogP contribution >= 0.6 is 0 Å². The van der Waals surface area contributed by atoms with Crippen LogP contribution in [0.5, 0.6) is 0 Å². The predicted octanol–water partition coefficient (Wildman–Crippen LogP) is 1.64. The summed E-state index contributed by atoms with van der Waals surface area (Å²) in [5.74, 6) is -0.939. The fourth-order valence-electron chi connectivity index (χ4n) is 1.48. The summed E-state index contributed by atoms with van der Waals surface area (Å²) < 4.78 is 0. The molecule has 0 heterocycles. The third-order valence-corrected chi connectivity index (χ3v) is 2.41. The molecule has 1 aromatic carbocycles. The number of carboxylic acids is 1. The number of benzene rings is 1. The molecule has 18 heavy (non-hydrogen) atoms. The molecule has 2 amide bonds. The Balaban J connectivity index is 2.37. The number of carbonyl (C=O) groups excluding carboxylic acids is 1. The second-order valence-electron chi connectivity index (χ2n) is 3.94. The first-order chi connectivity index (χ1) is 8.63. The third kappa shape index (κ3) is 4.86. The Morgan fingerprint density at radius 3 is 2.61 bits per heavy atom. The van der Waals surface area contributed by atoms with E-state index in [2.05, 4.69) is 10.6 Å². The molecule has 0 saturated heterocycles. The van der Waals surface area contributed by atoms with Crippen LogP contribution in [0.25, 0.3) is 0 Å². The van der Waals surface area contributed by atoms with Crippen molar-refractivity contribution in [2.75, 3.05) is 13.1 Å². The van der Waals surface area contributed by atoms with Crippen molar-refractivity contribution >= 4 is 12.0 Å². The molecular weight excluding hydrogens is 232 g/mol. The highest BCUT2D eigenvalue weighted by Crippen LogP contribution is 2.05. The number of aromatic carboxylic acids is 1. The van der Waals surface area contributed by atoms with Crippen molar-refractivity contribution in [3.63, 3.8) is 0 Å². The number of nitrogens with one attached hydrogen (secondary N) is 2. The first-order valence-corrected chi connectivity index (χ1v) is 5.97. The molecule has 0 bridgehead atoms. The van der Waals surface area contributed by atoms with Gasteiger partial charge in [0, 0.05) is 13.1 Å². The highest BCUT2D eigenvalue weighted by Gasteiger charge is 2.03. The molecule has 1 rings (SSSR count). The van der Waals surface area contributed by atoms with Crippen molar-refractivity contribution in [2.24, 2.45) is 0 Å². The molecule has 5 nitrogen and oxygen atoms in total. The Kier molecular flexibility index (Phi) is 5.70. The van der Waals surface area contributed by atoms with Crippen LogP contribution in [0.1, 0.15) is 29.3 Å². The zero-order chi connectivity index (χ0) is 13.4. The van der Waals surface area contributed by atoms with Crippen LogP contribution in [0, 0.1) is 0 Å². The number of hydrogen-bond donors (Lipinski definition) is 3. The quantitative estimate of drug-likeness (QED) is 0.718. The lowest BCUT2D eigenvalue weighted by molar-refractivity contribution is 0.0696. The fraction of sp³-hybridized carbons (Fsp3) is 0.385.